The summed E-state index contributed by atoms with van der Waals surface area (Å²) in [6.07, 6.45) is 4.85. The lowest BCUT2D eigenvalue weighted by molar-refractivity contribution is -0.125. The molecule has 1 rings (SSSR count). The van der Waals surface area contributed by atoms with Gasteiger partial charge in [0.15, 0.2) is 0 Å². The Morgan fingerprint density at radius 1 is 1.57 bits per heavy atom. The molecule has 1 saturated heterocycles. The first-order valence-electron chi connectivity index (χ1n) is 5.34. The Morgan fingerprint density at radius 3 is 3.07 bits per heavy atom. The third-order valence-electron chi connectivity index (χ3n) is 2.54. The van der Waals surface area contributed by atoms with E-state index in [-0.39, 0.29) is 12.5 Å². The van der Waals surface area contributed by atoms with E-state index in [1.54, 1.807) is 7.05 Å². The number of amides is 1. The molecule has 2 N–H and O–H groups in total. The van der Waals surface area contributed by atoms with E-state index in [0.29, 0.717) is 12.6 Å². The van der Waals surface area contributed by atoms with Gasteiger partial charge < -0.3 is 15.4 Å². The first kappa shape index (κ1) is 11.5. The zero-order valence-corrected chi connectivity index (χ0v) is 8.84. The van der Waals surface area contributed by atoms with Crippen LogP contribution >= 0.6 is 0 Å². The summed E-state index contributed by atoms with van der Waals surface area (Å²) in [7, 11) is 1.62. The van der Waals surface area contributed by atoms with Gasteiger partial charge in [0.2, 0.25) is 5.91 Å². The van der Waals surface area contributed by atoms with Crippen LogP contribution < -0.4 is 10.6 Å². The molecule has 0 aromatic rings. The molecule has 1 heterocycles. The molecular formula is C10H20N2O2. The van der Waals surface area contributed by atoms with E-state index < -0.39 is 0 Å². The van der Waals surface area contributed by atoms with Crippen molar-refractivity contribution in [2.75, 3.05) is 26.8 Å². The van der Waals surface area contributed by atoms with E-state index in [9.17, 15) is 4.79 Å². The fourth-order valence-electron chi connectivity index (χ4n) is 1.63. The topological polar surface area (TPSA) is 50.4 Å². The Kier molecular flexibility index (Phi) is 5.56. The van der Waals surface area contributed by atoms with Gasteiger partial charge in [0.25, 0.3) is 0 Å². The number of likely N-dealkylation sites (N-methyl/N-ethyl adjacent to an activating group) is 1. The molecule has 0 aliphatic carbocycles. The second-order valence-corrected chi connectivity index (χ2v) is 3.66. The minimum Gasteiger partial charge on any atom is -0.372 e. The number of carbonyl (C=O) groups excluding carboxylic acids is 1. The normalized spacial score (nSPS) is 21.9. The van der Waals surface area contributed by atoms with Crippen molar-refractivity contribution in [3.8, 4) is 0 Å². The van der Waals surface area contributed by atoms with Crippen molar-refractivity contribution >= 4 is 5.91 Å². The molecule has 1 aliphatic heterocycles. The fraction of sp³-hybridized carbons (Fsp3) is 0.900. The van der Waals surface area contributed by atoms with Crippen molar-refractivity contribution in [1.82, 2.24) is 10.6 Å². The van der Waals surface area contributed by atoms with Gasteiger partial charge in [-0.1, -0.05) is 6.42 Å². The predicted molar refractivity (Wildman–Crippen MR) is 55.1 cm³/mol. The van der Waals surface area contributed by atoms with Crippen LogP contribution in [-0.4, -0.2) is 38.8 Å². The summed E-state index contributed by atoms with van der Waals surface area (Å²) in [5, 5.41) is 5.96. The maximum Gasteiger partial charge on any atom is 0.245 e. The van der Waals surface area contributed by atoms with Gasteiger partial charge in [-0.2, -0.15) is 0 Å². The minimum absolute atomic E-state index is 0.0541. The zero-order valence-electron chi connectivity index (χ0n) is 8.84. The average molecular weight is 200 g/mol. The van der Waals surface area contributed by atoms with Crippen molar-refractivity contribution in [2.45, 2.75) is 31.7 Å². The van der Waals surface area contributed by atoms with Gasteiger partial charge in [0.05, 0.1) is 0 Å². The zero-order chi connectivity index (χ0) is 10.2. The van der Waals surface area contributed by atoms with Gasteiger partial charge in [-0.15, -0.1) is 0 Å². The van der Waals surface area contributed by atoms with Gasteiger partial charge in [0, 0.05) is 19.7 Å². The van der Waals surface area contributed by atoms with Crippen molar-refractivity contribution in [2.24, 2.45) is 0 Å². The molecule has 0 bridgehead atoms. The summed E-state index contributed by atoms with van der Waals surface area (Å²) in [5.41, 5.74) is 0. The molecule has 0 aromatic carbocycles. The van der Waals surface area contributed by atoms with Crippen LogP contribution in [0, 0.1) is 0 Å². The second kappa shape index (κ2) is 6.79. The highest BCUT2D eigenvalue weighted by molar-refractivity contribution is 5.76. The first-order valence-corrected chi connectivity index (χ1v) is 5.34. The Bertz CT molecular complexity index is 168. The summed E-state index contributed by atoms with van der Waals surface area (Å²) in [6.45, 7) is 1.98. The predicted octanol–water partition coefficient (Wildman–Crippen LogP) is 0.281. The maximum atomic E-state index is 10.8. The van der Waals surface area contributed by atoms with E-state index in [0.717, 1.165) is 13.0 Å². The quantitative estimate of drug-likeness (QED) is 0.627. The maximum absolute atomic E-state index is 10.8. The molecule has 4 nitrogen and oxygen atoms in total. The Labute approximate surface area is 85.4 Å². The fourth-order valence-corrected chi connectivity index (χ4v) is 1.63. The van der Waals surface area contributed by atoms with Crippen molar-refractivity contribution < 1.29 is 9.53 Å². The molecule has 82 valence electrons. The highest BCUT2D eigenvalue weighted by Crippen LogP contribution is 2.09. The van der Waals surface area contributed by atoms with Crippen LogP contribution in [0.3, 0.4) is 0 Å². The molecule has 4 heteroatoms. The molecular weight excluding hydrogens is 180 g/mol. The van der Waals surface area contributed by atoms with Gasteiger partial charge in [0.1, 0.15) is 6.61 Å². The summed E-state index contributed by atoms with van der Waals surface area (Å²) >= 11 is 0. The molecule has 0 spiro atoms. The smallest absolute Gasteiger partial charge is 0.245 e. The van der Waals surface area contributed by atoms with Crippen molar-refractivity contribution in [1.29, 1.82) is 0 Å². The number of hydrogen-bond donors (Lipinski definition) is 2. The minimum atomic E-state index is -0.0541. The van der Waals surface area contributed by atoms with E-state index in [4.69, 9.17) is 4.74 Å². The summed E-state index contributed by atoms with van der Waals surface area (Å²) in [4.78, 5) is 10.8. The van der Waals surface area contributed by atoms with Gasteiger partial charge in [-0.25, -0.2) is 0 Å². The number of rotatable bonds is 5. The molecule has 1 atom stereocenters. The lowest BCUT2D eigenvalue weighted by Gasteiger charge is -2.23. The molecule has 0 aromatic heterocycles. The SMILES string of the molecule is CNC(=O)COCCC1CCCCN1. The third-order valence-corrected chi connectivity index (χ3v) is 2.54. The second-order valence-electron chi connectivity index (χ2n) is 3.66. The summed E-state index contributed by atoms with van der Waals surface area (Å²) < 4.78 is 5.24. The summed E-state index contributed by atoms with van der Waals surface area (Å²) in [6, 6.07) is 0.591. The van der Waals surface area contributed by atoms with Crippen molar-refractivity contribution in [3.05, 3.63) is 0 Å². The van der Waals surface area contributed by atoms with Crippen LogP contribution in [0.2, 0.25) is 0 Å². The van der Waals surface area contributed by atoms with Crippen LogP contribution in [0.15, 0.2) is 0 Å². The number of piperidine rings is 1. The van der Waals surface area contributed by atoms with Crippen LogP contribution in [0.5, 0.6) is 0 Å². The van der Waals surface area contributed by atoms with Crippen LogP contribution in [-0.2, 0) is 9.53 Å². The lowest BCUT2D eigenvalue weighted by atomic mass is 10.0. The van der Waals surface area contributed by atoms with E-state index in [1.807, 2.05) is 0 Å². The van der Waals surface area contributed by atoms with Gasteiger partial charge >= 0.3 is 0 Å². The highest BCUT2D eigenvalue weighted by atomic mass is 16.5. The van der Waals surface area contributed by atoms with Crippen molar-refractivity contribution in [3.63, 3.8) is 0 Å². The average Bonchev–Trinajstić information content (AvgIpc) is 2.25. The molecule has 1 amide bonds. The van der Waals surface area contributed by atoms with Crippen LogP contribution in [0.25, 0.3) is 0 Å². The summed E-state index contributed by atoms with van der Waals surface area (Å²) in [5.74, 6) is -0.0541. The largest absolute Gasteiger partial charge is 0.372 e. The Balaban J connectivity index is 1.94. The molecule has 14 heavy (non-hydrogen) atoms. The highest BCUT2D eigenvalue weighted by Gasteiger charge is 2.11. The molecule has 1 fully saturated rings. The molecule has 1 aliphatic rings. The number of hydrogen-bond acceptors (Lipinski definition) is 3. The number of nitrogens with one attached hydrogen (secondary N) is 2. The monoisotopic (exact) mass is 200 g/mol. The Hall–Kier alpha value is -0.610. The molecule has 0 saturated carbocycles. The molecule has 1 unspecified atom stereocenters. The number of ether oxygens (including phenoxy) is 1. The van der Waals surface area contributed by atoms with E-state index in [1.165, 1.54) is 19.3 Å². The van der Waals surface area contributed by atoms with Crippen LogP contribution in [0.1, 0.15) is 25.7 Å². The third kappa shape index (κ3) is 4.58. The Morgan fingerprint density at radius 2 is 2.43 bits per heavy atom. The molecule has 0 radical (unpaired) electrons. The van der Waals surface area contributed by atoms with E-state index in [2.05, 4.69) is 10.6 Å². The van der Waals surface area contributed by atoms with Gasteiger partial charge in [-0.05, 0) is 25.8 Å². The number of carbonyl (C=O) groups is 1. The first-order chi connectivity index (χ1) is 6.83. The van der Waals surface area contributed by atoms with Crippen LogP contribution in [0.4, 0.5) is 0 Å². The van der Waals surface area contributed by atoms with E-state index >= 15 is 0 Å². The lowest BCUT2D eigenvalue weighted by Crippen LogP contribution is -2.35. The van der Waals surface area contributed by atoms with Gasteiger partial charge in [-0.3, -0.25) is 4.79 Å². The standard InChI is InChI=1S/C10H20N2O2/c1-11-10(13)8-14-7-5-9-4-2-3-6-12-9/h9,12H,2-8H2,1H3,(H,11,13).